The molecule has 0 amide bonds. The van der Waals surface area contributed by atoms with Crippen molar-refractivity contribution in [3.8, 4) is 11.5 Å². The maximum Gasteiger partial charge on any atom is 0.119 e. The summed E-state index contributed by atoms with van der Waals surface area (Å²) in [6.45, 7) is 4.24. The van der Waals surface area contributed by atoms with Crippen LogP contribution >= 0.6 is 0 Å². The van der Waals surface area contributed by atoms with Gasteiger partial charge in [0.05, 0.1) is 14.2 Å². The summed E-state index contributed by atoms with van der Waals surface area (Å²) in [4.78, 5) is 0. The molecule has 0 bridgehead atoms. The molecule has 0 N–H and O–H groups in total. The van der Waals surface area contributed by atoms with Gasteiger partial charge in [0.2, 0.25) is 0 Å². The van der Waals surface area contributed by atoms with Gasteiger partial charge in [-0.25, -0.2) is 0 Å². The van der Waals surface area contributed by atoms with Gasteiger partial charge in [-0.3, -0.25) is 0 Å². The molecule has 5 rings (SSSR count). The van der Waals surface area contributed by atoms with Crippen molar-refractivity contribution in [2.75, 3.05) is 14.2 Å². The lowest BCUT2D eigenvalue weighted by molar-refractivity contribution is 0.414. The van der Waals surface area contributed by atoms with Crippen molar-refractivity contribution in [2.45, 2.75) is 13.8 Å². The van der Waals surface area contributed by atoms with Gasteiger partial charge in [-0.1, -0.05) is 85.0 Å². The van der Waals surface area contributed by atoms with E-state index in [-0.39, 0.29) is 0 Å². The van der Waals surface area contributed by atoms with Gasteiger partial charge < -0.3 is 9.47 Å². The van der Waals surface area contributed by atoms with E-state index in [9.17, 15) is 0 Å². The summed E-state index contributed by atoms with van der Waals surface area (Å²) in [5, 5.41) is 4.96. The fourth-order valence-electron chi connectivity index (χ4n) is 4.83. The first-order chi connectivity index (χ1) is 17.6. The van der Waals surface area contributed by atoms with Crippen LogP contribution in [0.2, 0.25) is 0 Å². The van der Waals surface area contributed by atoms with Crippen molar-refractivity contribution >= 4 is 45.8 Å². The minimum atomic E-state index is 0.879. The van der Waals surface area contributed by atoms with E-state index in [0.717, 1.165) is 11.5 Å². The molecule has 0 aliphatic rings. The maximum absolute atomic E-state index is 5.38. The molecule has 2 nitrogen and oxygen atoms in total. The fourth-order valence-corrected chi connectivity index (χ4v) is 4.83. The molecule has 0 radical (unpaired) electrons. The molecular weight excluding hydrogens is 440 g/mol. The van der Waals surface area contributed by atoms with Crippen molar-refractivity contribution in [3.05, 3.63) is 118 Å². The summed E-state index contributed by atoms with van der Waals surface area (Å²) in [6, 6.07) is 29.8. The highest BCUT2D eigenvalue weighted by Gasteiger charge is 2.11. The number of rotatable bonds is 6. The van der Waals surface area contributed by atoms with Crippen molar-refractivity contribution in [2.24, 2.45) is 0 Å². The number of hydrogen-bond donors (Lipinski definition) is 0. The second-order valence-corrected chi connectivity index (χ2v) is 9.03. The van der Waals surface area contributed by atoms with Crippen LogP contribution < -0.4 is 9.47 Å². The number of benzene rings is 5. The highest BCUT2D eigenvalue weighted by molar-refractivity contribution is 6.14. The molecule has 0 saturated carbocycles. The minimum absolute atomic E-state index is 0.879. The molecule has 0 atom stereocenters. The Labute approximate surface area is 213 Å². The molecular formula is C34H30O2. The molecule has 0 aliphatic carbocycles. The lowest BCUT2D eigenvalue weighted by atomic mass is 9.90. The quantitative estimate of drug-likeness (QED) is 0.182. The number of fused-ring (bicyclic) bond motifs is 2. The van der Waals surface area contributed by atoms with E-state index < -0.39 is 0 Å². The molecule has 0 aromatic heterocycles. The average molecular weight is 471 g/mol. The van der Waals surface area contributed by atoms with E-state index >= 15 is 0 Å². The van der Waals surface area contributed by atoms with E-state index in [0.29, 0.717) is 0 Å². The Hall–Kier alpha value is -4.30. The number of methoxy groups -OCH3 is 2. The van der Waals surface area contributed by atoms with Crippen LogP contribution in [-0.2, 0) is 0 Å². The van der Waals surface area contributed by atoms with Crippen LogP contribution in [0.15, 0.2) is 84.9 Å². The monoisotopic (exact) mass is 470 g/mol. The Morgan fingerprint density at radius 2 is 0.833 bits per heavy atom. The van der Waals surface area contributed by atoms with Gasteiger partial charge >= 0.3 is 0 Å². The Balaban J connectivity index is 1.67. The Morgan fingerprint density at radius 3 is 1.14 bits per heavy atom. The van der Waals surface area contributed by atoms with Crippen LogP contribution in [0.3, 0.4) is 0 Å². The standard InChI is InChI=1S/C34H30O2/c1-23-21-27(35-3)17-13-25(23)15-19-33-29-9-5-7-11-31(29)34(32-12-8-6-10-30(32)33)20-16-26-14-18-28(36-4)22-24(26)2/h5-22H,1-4H3. The molecule has 178 valence electrons. The van der Waals surface area contributed by atoms with Crippen LogP contribution in [0, 0.1) is 13.8 Å². The zero-order valence-electron chi connectivity index (χ0n) is 21.2. The summed E-state index contributed by atoms with van der Waals surface area (Å²) in [5.74, 6) is 1.76. The average Bonchev–Trinajstić information content (AvgIpc) is 2.91. The van der Waals surface area contributed by atoms with E-state index in [1.165, 1.54) is 54.9 Å². The van der Waals surface area contributed by atoms with Gasteiger partial charge in [0.15, 0.2) is 0 Å². The largest absolute Gasteiger partial charge is 0.497 e. The van der Waals surface area contributed by atoms with Crippen molar-refractivity contribution < 1.29 is 9.47 Å². The van der Waals surface area contributed by atoms with E-state index in [2.05, 4.69) is 111 Å². The number of aryl methyl sites for hydroxylation is 2. The SMILES string of the molecule is COc1ccc(C=Cc2c3ccccc3c(C=Cc3ccc(OC)cc3C)c3ccccc23)c(C)c1. The smallest absolute Gasteiger partial charge is 0.119 e. The predicted molar refractivity (Wildman–Crippen MR) is 155 cm³/mol. The lowest BCUT2D eigenvalue weighted by Crippen LogP contribution is -1.90. The molecule has 0 fully saturated rings. The van der Waals surface area contributed by atoms with Crippen molar-refractivity contribution in [1.29, 1.82) is 0 Å². The molecule has 5 aromatic rings. The van der Waals surface area contributed by atoms with Crippen molar-refractivity contribution in [3.63, 3.8) is 0 Å². The minimum Gasteiger partial charge on any atom is -0.497 e. The van der Waals surface area contributed by atoms with E-state index in [4.69, 9.17) is 9.47 Å². The first-order valence-electron chi connectivity index (χ1n) is 12.2. The van der Waals surface area contributed by atoms with E-state index in [1.54, 1.807) is 14.2 Å². The predicted octanol–water partition coefficient (Wildman–Crippen LogP) is 8.97. The molecule has 0 unspecified atom stereocenters. The summed E-state index contributed by atoms with van der Waals surface area (Å²) in [5.41, 5.74) is 7.21. The van der Waals surface area contributed by atoms with Crippen molar-refractivity contribution in [1.82, 2.24) is 0 Å². The van der Waals surface area contributed by atoms with Crippen LogP contribution in [0.1, 0.15) is 33.4 Å². The normalized spacial score (nSPS) is 11.7. The van der Waals surface area contributed by atoms with Gasteiger partial charge in [-0.2, -0.15) is 0 Å². The van der Waals surface area contributed by atoms with Gasteiger partial charge in [-0.05, 0) is 93.0 Å². The van der Waals surface area contributed by atoms with Crippen LogP contribution in [0.4, 0.5) is 0 Å². The van der Waals surface area contributed by atoms with Gasteiger partial charge in [-0.15, -0.1) is 0 Å². The highest BCUT2D eigenvalue weighted by Crippen LogP contribution is 2.35. The third-order valence-corrected chi connectivity index (χ3v) is 6.83. The third-order valence-electron chi connectivity index (χ3n) is 6.83. The zero-order chi connectivity index (χ0) is 25.1. The molecule has 0 heterocycles. The first kappa shape index (κ1) is 23.4. The topological polar surface area (TPSA) is 18.5 Å². The first-order valence-corrected chi connectivity index (χ1v) is 12.2. The highest BCUT2D eigenvalue weighted by atomic mass is 16.5. The van der Waals surface area contributed by atoms with Crippen LogP contribution in [0.5, 0.6) is 11.5 Å². The molecule has 2 heteroatoms. The van der Waals surface area contributed by atoms with E-state index in [1.807, 2.05) is 12.1 Å². The Bertz CT molecular complexity index is 1440. The summed E-state index contributed by atoms with van der Waals surface area (Å²) in [6.07, 6.45) is 8.92. The Kier molecular flexibility index (Phi) is 6.60. The van der Waals surface area contributed by atoms with Gasteiger partial charge in [0.25, 0.3) is 0 Å². The second kappa shape index (κ2) is 10.1. The summed E-state index contributed by atoms with van der Waals surface area (Å²) < 4.78 is 10.8. The number of ether oxygens (including phenoxy) is 2. The molecule has 0 saturated heterocycles. The Morgan fingerprint density at radius 1 is 0.472 bits per heavy atom. The zero-order valence-corrected chi connectivity index (χ0v) is 21.2. The molecule has 0 spiro atoms. The van der Waals surface area contributed by atoms with Gasteiger partial charge in [0, 0.05) is 0 Å². The third kappa shape index (κ3) is 4.50. The van der Waals surface area contributed by atoms with Crippen LogP contribution in [0.25, 0.3) is 45.8 Å². The summed E-state index contributed by atoms with van der Waals surface area (Å²) in [7, 11) is 3.41. The number of hydrogen-bond acceptors (Lipinski definition) is 2. The second-order valence-electron chi connectivity index (χ2n) is 9.03. The molecule has 0 aliphatic heterocycles. The molecule has 5 aromatic carbocycles. The van der Waals surface area contributed by atoms with Gasteiger partial charge in [0.1, 0.15) is 11.5 Å². The van der Waals surface area contributed by atoms with Crippen LogP contribution in [-0.4, -0.2) is 14.2 Å². The molecule has 36 heavy (non-hydrogen) atoms. The maximum atomic E-state index is 5.38. The lowest BCUT2D eigenvalue weighted by Gasteiger charge is -2.13. The fraction of sp³-hybridized carbons (Fsp3) is 0.118. The summed E-state index contributed by atoms with van der Waals surface area (Å²) >= 11 is 0.